The van der Waals surface area contributed by atoms with Gasteiger partial charge in [0.15, 0.2) is 6.61 Å². The Morgan fingerprint density at radius 3 is 2.85 bits per heavy atom. The minimum atomic E-state index is -0.562. The third kappa shape index (κ3) is 3.64. The lowest BCUT2D eigenvalue weighted by Crippen LogP contribution is -2.43. The minimum Gasteiger partial charge on any atom is -0.482 e. The van der Waals surface area contributed by atoms with Crippen molar-refractivity contribution < 1.29 is 19.2 Å². The van der Waals surface area contributed by atoms with Crippen molar-refractivity contribution in [2.45, 2.75) is 13.3 Å². The van der Waals surface area contributed by atoms with Crippen LogP contribution >= 0.6 is 0 Å². The van der Waals surface area contributed by atoms with Crippen LogP contribution in [-0.2, 0) is 16.0 Å². The number of nitro benzene ring substituents is 1. The molecule has 8 nitrogen and oxygen atoms in total. The van der Waals surface area contributed by atoms with Crippen LogP contribution in [0.1, 0.15) is 12.5 Å². The van der Waals surface area contributed by atoms with Crippen LogP contribution in [0.3, 0.4) is 0 Å². The standard InChI is InChI=1S/C18H17N3O5/c1-2-12-4-3-5-13(8-12)19-17(22)10-20-15-9-14(21(24)25)6-7-16(15)26-11-18(20)23/h3-9H,2,10-11H2,1H3,(H,19,22). The van der Waals surface area contributed by atoms with Gasteiger partial charge in [0.25, 0.3) is 11.6 Å². The Morgan fingerprint density at radius 1 is 1.31 bits per heavy atom. The molecule has 0 fully saturated rings. The third-order valence-electron chi connectivity index (χ3n) is 4.02. The third-order valence-corrected chi connectivity index (χ3v) is 4.02. The number of amides is 2. The number of aryl methyl sites for hydroxylation is 1. The summed E-state index contributed by atoms with van der Waals surface area (Å²) in [4.78, 5) is 36.2. The van der Waals surface area contributed by atoms with E-state index in [9.17, 15) is 19.7 Å². The summed E-state index contributed by atoms with van der Waals surface area (Å²) in [6.07, 6.45) is 0.836. The van der Waals surface area contributed by atoms with Gasteiger partial charge in [-0.2, -0.15) is 0 Å². The first kappa shape index (κ1) is 17.4. The molecule has 8 heteroatoms. The summed E-state index contributed by atoms with van der Waals surface area (Å²) in [5, 5.41) is 13.7. The number of non-ortho nitro benzene ring substituents is 1. The van der Waals surface area contributed by atoms with Crippen LogP contribution in [0.4, 0.5) is 17.1 Å². The van der Waals surface area contributed by atoms with Crippen LogP contribution in [0.5, 0.6) is 5.75 Å². The molecular formula is C18H17N3O5. The molecule has 2 amide bonds. The first-order chi connectivity index (χ1) is 12.5. The van der Waals surface area contributed by atoms with Gasteiger partial charge in [-0.05, 0) is 30.2 Å². The quantitative estimate of drug-likeness (QED) is 0.656. The van der Waals surface area contributed by atoms with E-state index in [0.29, 0.717) is 11.4 Å². The highest BCUT2D eigenvalue weighted by Gasteiger charge is 2.29. The zero-order valence-corrected chi connectivity index (χ0v) is 14.1. The fourth-order valence-corrected chi connectivity index (χ4v) is 2.69. The largest absolute Gasteiger partial charge is 0.482 e. The van der Waals surface area contributed by atoms with Crippen molar-refractivity contribution in [3.05, 3.63) is 58.1 Å². The average Bonchev–Trinajstić information content (AvgIpc) is 2.63. The van der Waals surface area contributed by atoms with Gasteiger partial charge in [0.1, 0.15) is 12.3 Å². The van der Waals surface area contributed by atoms with E-state index in [1.54, 1.807) is 6.07 Å². The molecule has 134 valence electrons. The van der Waals surface area contributed by atoms with E-state index >= 15 is 0 Å². The Kier molecular flexibility index (Phi) is 4.83. The lowest BCUT2D eigenvalue weighted by molar-refractivity contribution is -0.384. The predicted octanol–water partition coefficient (Wildman–Crippen LogP) is 2.52. The van der Waals surface area contributed by atoms with Gasteiger partial charge in [-0.1, -0.05) is 19.1 Å². The van der Waals surface area contributed by atoms with Gasteiger partial charge >= 0.3 is 0 Å². The van der Waals surface area contributed by atoms with Crippen LogP contribution in [-0.4, -0.2) is 29.9 Å². The first-order valence-corrected chi connectivity index (χ1v) is 8.08. The van der Waals surface area contributed by atoms with Gasteiger partial charge in [-0.15, -0.1) is 0 Å². The highest BCUT2D eigenvalue weighted by atomic mass is 16.6. The molecule has 2 aromatic carbocycles. The normalized spacial score (nSPS) is 13.0. The predicted molar refractivity (Wildman–Crippen MR) is 95.4 cm³/mol. The van der Waals surface area contributed by atoms with Crippen molar-refractivity contribution in [1.29, 1.82) is 0 Å². The van der Waals surface area contributed by atoms with Crippen molar-refractivity contribution in [3.63, 3.8) is 0 Å². The summed E-state index contributed by atoms with van der Waals surface area (Å²) in [6.45, 7) is 1.54. The number of nitro groups is 1. The van der Waals surface area contributed by atoms with Crippen LogP contribution < -0.4 is 15.0 Å². The summed E-state index contributed by atoms with van der Waals surface area (Å²) in [7, 11) is 0. The van der Waals surface area contributed by atoms with Crippen LogP contribution in [0.15, 0.2) is 42.5 Å². The molecule has 0 atom stereocenters. The maximum atomic E-state index is 12.4. The first-order valence-electron chi connectivity index (χ1n) is 8.08. The number of rotatable bonds is 5. The van der Waals surface area contributed by atoms with Crippen molar-refractivity contribution >= 4 is 28.9 Å². The maximum absolute atomic E-state index is 12.4. The molecule has 1 aliphatic rings. The molecule has 1 heterocycles. The molecule has 1 aliphatic heterocycles. The fraction of sp³-hybridized carbons (Fsp3) is 0.222. The highest BCUT2D eigenvalue weighted by molar-refractivity contribution is 6.05. The minimum absolute atomic E-state index is 0.178. The van der Waals surface area contributed by atoms with E-state index < -0.39 is 16.7 Å². The second-order valence-corrected chi connectivity index (χ2v) is 5.78. The molecule has 0 spiro atoms. The van der Waals surface area contributed by atoms with E-state index in [-0.39, 0.29) is 24.5 Å². The van der Waals surface area contributed by atoms with Gasteiger partial charge in [0, 0.05) is 17.8 Å². The van der Waals surface area contributed by atoms with Crippen molar-refractivity contribution in [2.75, 3.05) is 23.4 Å². The molecule has 0 saturated heterocycles. The van der Waals surface area contributed by atoms with Crippen molar-refractivity contribution in [1.82, 2.24) is 0 Å². The summed E-state index contributed by atoms with van der Waals surface area (Å²) < 4.78 is 5.29. The lowest BCUT2D eigenvalue weighted by atomic mass is 10.1. The molecule has 0 unspecified atom stereocenters. The number of hydrogen-bond acceptors (Lipinski definition) is 5. The Balaban J connectivity index is 1.80. The molecule has 0 bridgehead atoms. The van der Waals surface area contributed by atoms with E-state index in [1.165, 1.54) is 23.1 Å². The van der Waals surface area contributed by atoms with Gasteiger partial charge in [0.2, 0.25) is 5.91 Å². The Bertz CT molecular complexity index is 881. The number of hydrogen-bond donors (Lipinski definition) is 1. The van der Waals surface area contributed by atoms with Crippen molar-refractivity contribution in [3.8, 4) is 5.75 Å². The van der Waals surface area contributed by atoms with E-state index in [0.717, 1.165) is 12.0 Å². The number of fused-ring (bicyclic) bond motifs is 1. The molecule has 2 aromatic rings. The van der Waals surface area contributed by atoms with E-state index in [1.807, 2.05) is 25.1 Å². The molecule has 1 N–H and O–H groups in total. The number of ether oxygens (including phenoxy) is 1. The molecule has 0 aliphatic carbocycles. The summed E-state index contributed by atoms with van der Waals surface area (Å²) >= 11 is 0. The molecule has 26 heavy (non-hydrogen) atoms. The van der Waals surface area contributed by atoms with Gasteiger partial charge in [0.05, 0.1) is 10.6 Å². The number of carbonyl (C=O) groups excluding carboxylic acids is 2. The highest BCUT2D eigenvalue weighted by Crippen LogP contribution is 2.35. The van der Waals surface area contributed by atoms with Crippen LogP contribution in [0.2, 0.25) is 0 Å². The Morgan fingerprint density at radius 2 is 2.12 bits per heavy atom. The number of nitrogens with zero attached hydrogens (tertiary/aromatic N) is 2. The number of benzene rings is 2. The monoisotopic (exact) mass is 355 g/mol. The van der Waals surface area contributed by atoms with Crippen LogP contribution in [0, 0.1) is 10.1 Å². The molecule has 0 aromatic heterocycles. The van der Waals surface area contributed by atoms with Gasteiger partial charge in [-0.25, -0.2) is 0 Å². The molecule has 3 rings (SSSR count). The van der Waals surface area contributed by atoms with E-state index in [2.05, 4.69) is 5.32 Å². The Labute approximate surface area is 149 Å². The number of anilines is 2. The molecule has 0 radical (unpaired) electrons. The summed E-state index contributed by atoms with van der Waals surface area (Å²) in [5.74, 6) is -0.502. The lowest BCUT2D eigenvalue weighted by Gasteiger charge is -2.28. The zero-order valence-electron chi connectivity index (χ0n) is 14.1. The second kappa shape index (κ2) is 7.22. The van der Waals surface area contributed by atoms with Crippen molar-refractivity contribution in [2.24, 2.45) is 0 Å². The summed E-state index contributed by atoms with van der Waals surface area (Å²) in [5.41, 5.74) is 1.75. The maximum Gasteiger partial charge on any atom is 0.271 e. The SMILES string of the molecule is CCc1cccc(NC(=O)CN2C(=O)COc3ccc([N+](=O)[O-])cc32)c1. The second-order valence-electron chi connectivity index (χ2n) is 5.78. The number of nitrogens with one attached hydrogen (secondary N) is 1. The topological polar surface area (TPSA) is 102 Å². The summed E-state index contributed by atoms with van der Waals surface area (Å²) in [6, 6.07) is 11.4. The molecular weight excluding hydrogens is 338 g/mol. The molecule has 0 saturated carbocycles. The average molecular weight is 355 g/mol. The van der Waals surface area contributed by atoms with Gasteiger partial charge in [-0.3, -0.25) is 24.6 Å². The van der Waals surface area contributed by atoms with Gasteiger partial charge < -0.3 is 10.1 Å². The number of carbonyl (C=O) groups is 2. The fourth-order valence-electron chi connectivity index (χ4n) is 2.69. The van der Waals surface area contributed by atoms with Crippen LogP contribution in [0.25, 0.3) is 0 Å². The smallest absolute Gasteiger partial charge is 0.271 e. The zero-order chi connectivity index (χ0) is 18.7. The Hall–Kier alpha value is -3.42. The van der Waals surface area contributed by atoms with E-state index in [4.69, 9.17) is 4.74 Å².